The van der Waals surface area contributed by atoms with Crippen LogP contribution in [0.2, 0.25) is 0 Å². The number of nitrogens with zero attached hydrogens (tertiary/aromatic N) is 2. The molecule has 0 aliphatic carbocycles. The molecule has 15 heavy (non-hydrogen) atoms. The van der Waals surface area contributed by atoms with E-state index in [9.17, 15) is 9.59 Å². The predicted molar refractivity (Wildman–Crippen MR) is 57.0 cm³/mol. The van der Waals surface area contributed by atoms with Crippen molar-refractivity contribution in [3.63, 3.8) is 0 Å². The predicted octanol–water partition coefficient (Wildman–Crippen LogP) is -1.37. The Labute approximate surface area is 86.3 Å². The van der Waals surface area contributed by atoms with Gasteiger partial charge in [0.1, 0.15) is 0 Å². The third-order valence-corrected chi connectivity index (χ3v) is 1.89. The van der Waals surface area contributed by atoms with E-state index in [0.29, 0.717) is 19.6 Å². The molecule has 0 fully saturated rings. The quantitative estimate of drug-likeness (QED) is 0.559. The molecule has 7 nitrogen and oxygen atoms in total. The van der Waals surface area contributed by atoms with E-state index < -0.39 is 11.2 Å². The Balaban J connectivity index is 3.00. The van der Waals surface area contributed by atoms with Crippen molar-refractivity contribution in [2.75, 3.05) is 24.5 Å². The summed E-state index contributed by atoms with van der Waals surface area (Å²) in [4.78, 5) is 26.0. The topological polar surface area (TPSA) is 108 Å². The van der Waals surface area contributed by atoms with Gasteiger partial charge in [0.15, 0.2) is 0 Å². The van der Waals surface area contributed by atoms with E-state index in [2.05, 4.69) is 15.2 Å². The number of anilines is 1. The molecule has 1 heterocycles. The highest BCUT2D eigenvalue weighted by molar-refractivity contribution is 5.33. The minimum absolute atomic E-state index is 0.210. The number of nitrogens with one attached hydrogen (secondary N) is 2. The van der Waals surface area contributed by atoms with Gasteiger partial charge in [-0.3, -0.25) is 9.78 Å². The summed E-state index contributed by atoms with van der Waals surface area (Å²) < 4.78 is 0. The number of hydrogen-bond donors (Lipinski definition) is 3. The Morgan fingerprint density at radius 3 is 2.67 bits per heavy atom. The summed E-state index contributed by atoms with van der Waals surface area (Å²) in [6.45, 7) is 3.64. The fourth-order valence-corrected chi connectivity index (χ4v) is 1.31. The highest BCUT2D eigenvalue weighted by Crippen LogP contribution is 2.00. The highest BCUT2D eigenvalue weighted by Gasteiger charge is 2.10. The minimum Gasteiger partial charge on any atom is -0.349 e. The van der Waals surface area contributed by atoms with E-state index in [-0.39, 0.29) is 5.82 Å². The van der Waals surface area contributed by atoms with E-state index in [4.69, 9.17) is 5.73 Å². The SMILES string of the molecule is CCCN(CCN)c1n[nH]c(=O)[nH]c1=O. The third kappa shape index (κ3) is 2.91. The van der Waals surface area contributed by atoms with Crippen molar-refractivity contribution in [2.45, 2.75) is 13.3 Å². The van der Waals surface area contributed by atoms with Gasteiger partial charge in [0.05, 0.1) is 0 Å². The van der Waals surface area contributed by atoms with Gasteiger partial charge in [-0.05, 0) is 6.42 Å². The van der Waals surface area contributed by atoms with Gasteiger partial charge in [-0.25, -0.2) is 9.89 Å². The van der Waals surface area contributed by atoms with Gasteiger partial charge in [0, 0.05) is 19.6 Å². The standard InChI is InChI=1S/C8H15N5O2/c1-2-4-13(5-3-9)6-7(14)10-8(15)12-11-6/h2-5,9H2,1H3,(H2,10,12,14,15). The average molecular weight is 213 g/mol. The molecule has 1 rings (SSSR count). The molecule has 0 saturated carbocycles. The fraction of sp³-hybridized carbons (Fsp3) is 0.625. The molecule has 4 N–H and O–H groups in total. The van der Waals surface area contributed by atoms with Crippen LogP contribution in [0.25, 0.3) is 0 Å². The van der Waals surface area contributed by atoms with Gasteiger partial charge in [-0.1, -0.05) is 6.92 Å². The summed E-state index contributed by atoms with van der Waals surface area (Å²) >= 11 is 0. The smallest absolute Gasteiger partial charge is 0.342 e. The van der Waals surface area contributed by atoms with Crippen molar-refractivity contribution in [3.8, 4) is 0 Å². The Morgan fingerprint density at radius 2 is 2.13 bits per heavy atom. The summed E-state index contributed by atoms with van der Waals surface area (Å²) in [5.74, 6) is 0.210. The Morgan fingerprint density at radius 1 is 1.40 bits per heavy atom. The second kappa shape index (κ2) is 5.30. The highest BCUT2D eigenvalue weighted by atomic mass is 16.2. The second-order valence-electron chi connectivity index (χ2n) is 3.11. The maximum Gasteiger partial charge on any atom is 0.342 e. The molecule has 0 spiro atoms. The fourth-order valence-electron chi connectivity index (χ4n) is 1.31. The van der Waals surface area contributed by atoms with Crippen LogP contribution in [0, 0.1) is 0 Å². The summed E-state index contributed by atoms with van der Waals surface area (Å²) in [5, 5.41) is 5.90. The van der Waals surface area contributed by atoms with Crippen molar-refractivity contribution < 1.29 is 0 Å². The summed E-state index contributed by atoms with van der Waals surface area (Å²) in [7, 11) is 0. The number of nitrogens with two attached hydrogens (primary N) is 1. The first-order valence-electron chi connectivity index (χ1n) is 4.83. The van der Waals surface area contributed by atoms with Crippen LogP contribution in [0.4, 0.5) is 5.82 Å². The van der Waals surface area contributed by atoms with Gasteiger partial charge < -0.3 is 10.6 Å². The Hall–Kier alpha value is -1.63. The molecule has 0 unspecified atom stereocenters. The van der Waals surface area contributed by atoms with Gasteiger partial charge in [-0.15, -0.1) is 5.10 Å². The number of aromatic amines is 2. The summed E-state index contributed by atoms with van der Waals surface area (Å²) in [6, 6.07) is 0. The van der Waals surface area contributed by atoms with Crippen molar-refractivity contribution in [1.82, 2.24) is 15.2 Å². The molecule has 1 aromatic rings. The first kappa shape index (κ1) is 11.4. The van der Waals surface area contributed by atoms with Crippen LogP contribution in [-0.4, -0.2) is 34.8 Å². The van der Waals surface area contributed by atoms with Crippen molar-refractivity contribution >= 4 is 5.82 Å². The molecule has 0 amide bonds. The van der Waals surface area contributed by atoms with Gasteiger partial charge in [0.2, 0.25) is 5.82 Å². The van der Waals surface area contributed by atoms with Crippen LogP contribution in [0.15, 0.2) is 9.59 Å². The van der Waals surface area contributed by atoms with E-state index >= 15 is 0 Å². The van der Waals surface area contributed by atoms with Crippen LogP contribution in [0.3, 0.4) is 0 Å². The van der Waals surface area contributed by atoms with Crippen LogP contribution in [-0.2, 0) is 0 Å². The van der Waals surface area contributed by atoms with Gasteiger partial charge in [0.25, 0.3) is 5.56 Å². The third-order valence-electron chi connectivity index (χ3n) is 1.89. The molecule has 0 atom stereocenters. The Kier molecular flexibility index (Phi) is 4.04. The lowest BCUT2D eigenvalue weighted by molar-refractivity contribution is 0.724. The molecular formula is C8H15N5O2. The molecule has 0 saturated heterocycles. The van der Waals surface area contributed by atoms with Crippen LogP contribution < -0.4 is 21.9 Å². The largest absolute Gasteiger partial charge is 0.349 e. The lowest BCUT2D eigenvalue weighted by atomic mass is 10.4. The Bertz CT molecular complexity index is 404. The van der Waals surface area contributed by atoms with Crippen molar-refractivity contribution in [1.29, 1.82) is 0 Å². The lowest BCUT2D eigenvalue weighted by Gasteiger charge is -2.20. The summed E-state index contributed by atoms with van der Waals surface area (Å²) in [5.41, 5.74) is 4.33. The molecule has 84 valence electrons. The summed E-state index contributed by atoms with van der Waals surface area (Å²) in [6.07, 6.45) is 0.875. The molecule has 0 aromatic carbocycles. The molecule has 0 aliphatic heterocycles. The van der Waals surface area contributed by atoms with Crippen LogP contribution >= 0.6 is 0 Å². The maximum absolute atomic E-state index is 11.4. The number of hydrogen-bond acceptors (Lipinski definition) is 5. The van der Waals surface area contributed by atoms with E-state index in [1.807, 2.05) is 6.92 Å². The normalized spacial score (nSPS) is 10.3. The zero-order valence-electron chi connectivity index (χ0n) is 8.62. The van der Waals surface area contributed by atoms with Crippen LogP contribution in [0.1, 0.15) is 13.3 Å². The number of aromatic nitrogens is 3. The minimum atomic E-state index is -0.604. The lowest BCUT2D eigenvalue weighted by Crippen LogP contribution is -2.37. The van der Waals surface area contributed by atoms with E-state index in [1.54, 1.807) is 4.90 Å². The molecule has 0 aliphatic rings. The van der Waals surface area contributed by atoms with Gasteiger partial charge >= 0.3 is 5.69 Å². The molecule has 0 bridgehead atoms. The van der Waals surface area contributed by atoms with E-state index in [0.717, 1.165) is 6.42 Å². The monoisotopic (exact) mass is 213 g/mol. The second-order valence-corrected chi connectivity index (χ2v) is 3.11. The van der Waals surface area contributed by atoms with Gasteiger partial charge in [-0.2, -0.15) is 0 Å². The zero-order valence-corrected chi connectivity index (χ0v) is 8.62. The molecule has 0 radical (unpaired) electrons. The van der Waals surface area contributed by atoms with Crippen LogP contribution in [0.5, 0.6) is 0 Å². The van der Waals surface area contributed by atoms with Crippen molar-refractivity contribution in [3.05, 3.63) is 20.8 Å². The zero-order chi connectivity index (χ0) is 11.3. The van der Waals surface area contributed by atoms with E-state index in [1.165, 1.54) is 0 Å². The molecule has 7 heteroatoms. The number of H-pyrrole nitrogens is 2. The average Bonchev–Trinajstić information content (AvgIpc) is 2.17. The first-order valence-corrected chi connectivity index (χ1v) is 4.83. The molecular weight excluding hydrogens is 198 g/mol. The number of rotatable bonds is 5. The van der Waals surface area contributed by atoms with Crippen molar-refractivity contribution in [2.24, 2.45) is 5.73 Å². The first-order chi connectivity index (χ1) is 7.19. The molecule has 1 aromatic heterocycles. The maximum atomic E-state index is 11.4.